The van der Waals surface area contributed by atoms with Gasteiger partial charge in [0.15, 0.2) is 0 Å². The Morgan fingerprint density at radius 2 is 1.59 bits per heavy atom. The first kappa shape index (κ1) is 23.3. The van der Waals surface area contributed by atoms with Crippen LogP contribution in [0.1, 0.15) is 50.7 Å². The zero-order valence-electron chi connectivity index (χ0n) is 18.7. The third kappa shape index (κ3) is 5.46. The number of rotatable bonds is 9. The standard InChI is InChI=1S/C25H30N2O5/c1-16(12-13-22(28)29)14-26-23(30)25(2,3)27-24(31)32-15-21-19-10-6-4-8-17(19)18-9-5-7-11-20(18)21/h4-11,16,21H,12-15H2,1-3H3,(H,26,30)(H,27,31)(H,28,29). The SMILES string of the molecule is CC(CCC(=O)O)CNC(=O)C(C)(C)NC(=O)OCC1c2ccccc2-c2ccccc21. The minimum absolute atomic E-state index is 0.0142. The summed E-state index contributed by atoms with van der Waals surface area (Å²) < 4.78 is 5.52. The number of ether oxygens (including phenoxy) is 1. The van der Waals surface area contributed by atoms with E-state index in [2.05, 4.69) is 22.8 Å². The second-order valence-corrected chi connectivity index (χ2v) is 8.82. The summed E-state index contributed by atoms with van der Waals surface area (Å²) in [7, 11) is 0. The first-order valence-electron chi connectivity index (χ1n) is 10.8. The van der Waals surface area contributed by atoms with Crippen LogP contribution in [0.5, 0.6) is 0 Å². The summed E-state index contributed by atoms with van der Waals surface area (Å²) in [6, 6.07) is 16.2. The lowest BCUT2D eigenvalue weighted by molar-refractivity contribution is -0.137. The molecule has 0 saturated heterocycles. The van der Waals surface area contributed by atoms with Gasteiger partial charge in [-0.15, -0.1) is 0 Å². The summed E-state index contributed by atoms with van der Waals surface area (Å²) >= 11 is 0. The maximum absolute atomic E-state index is 12.5. The number of aliphatic carboxylic acids is 1. The number of hydrogen-bond donors (Lipinski definition) is 3. The molecule has 0 saturated carbocycles. The molecular weight excluding hydrogens is 408 g/mol. The molecule has 1 aliphatic rings. The van der Waals surface area contributed by atoms with E-state index in [1.165, 1.54) is 0 Å². The molecule has 0 aromatic heterocycles. The smallest absolute Gasteiger partial charge is 0.408 e. The van der Waals surface area contributed by atoms with Crippen molar-refractivity contribution in [3.8, 4) is 11.1 Å². The molecule has 32 heavy (non-hydrogen) atoms. The zero-order chi connectivity index (χ0) is 23.3. The fraction of sp³-hybridized carbons (Fsp3) is 0.400. The largest absolute Gasteiger partial charge is 0.481 e. The molecule has 0 aliphatic heterocycles. The van der Waals surface area contributed by atoms with Crippen LogP contribution in [-0.2, 0) is 14.3 Å². The average Bonchev–Trinajstić information content (AvgIpc) is 3.08. The van der Waals surface area contributed by atoms with Crippen LogP contribution in [0.3, 0.4) is 0 Å². The van der Waals surface area contributed by atoms with Crippen molar-refractivity contribution in [2.24, 2.45) is 5.92 Å². The van der Waals surface area contributed by atoms with Crippen molar-refractivity contribution in [3.63, 3.8) is 0 Å². The monoisotopic (exact) mass is 438 g/mol. The first-order chi connectivity index (χ1) is 15.2. The minimum Gasteiger partial charge on any atom is -0.481 e. The molecule has 7 nitrogen and oxygen atoms in total. The highest BCUT2D eigenvalue weighted by molar-refractivity contribution is 5.89. The molecule has 7 heteroatoms. The molecule has 2 aromatic rings. The second-order valence-electron chi connectivity index (χ2n) is 8.82. The van der Waals surface area contributed by atoms with Gasteiger partial charge in [-0.05, 0) is 48.4 Å². The second kappa shape index (κ2) is 9.85. The quantitative estimate of drug-likeness (QED) is 0.550. The van der Waals surface area contributed by atoms with Crippen LogP contribution in [0.4, 0.5) is 4.79 Å². The van der Waals surface area contributed by atoms with Crippen molar-refractivity contribution >= 4 is 18.0 Å². The zero-order valence-corrected chi connectivity index (χ0v) is 18.7. The average molecular weight is 439 g/mol. The van der Waals surface area contributed by atoms with E-state index in [0.29, 0.717) is 13.0 Å². The van der Waals surface area contributed by atoms with Gasteiger partial charge in [-0.25, -0.2) is 4.79 Å². The van der Waals surface area contributed by atoms with Gasteiger partial charge in [0.05, 0.1) is 0 Å². The van der Waals surface area contributed by atoms with Gasteiger partial charge in [-0.2, -0.15) is 0 Å². The summed E-state index contributed by atoms with van der Waals surface area (Å²) in [5.41, 5.74) is 3.36. The molecule has 1 atom stereocenters. The van der Waals surface area contributed by atoms with Crippen molar-refractivity contribution < 1.29 is 24.2 Å². The number of fused-ring (bicyclic) bond motifs is 3. The summed E-state index contributed by atoms with van der Waals surface area (Å²) in [6.45, 7) is 5.58. The Morgan fingerprint density at radius 1 is 1.03 bits per heavy atom. The summed E-state index contributed by atoms with van der Waals surface area (Å²) in [5, 5.41) is 14.2. The Kier molecular flexibility index (Phi) is 7.18. The minimum atomic E-state index is -1.17. The lowest BCUT2D eigenvalue weighted by Gasteiger charge is -2.26. The third-order valence-electron chi connectivity index (χ3n) is 5.79. The number of carboxylic acid groups (broad SMARTS) is 1. The van der Waals surface area contributed by atoms with Crippen molar-refractivity contribution in [1.29, 1.82) is 0 Å². The van der Waals surface area contributed by atoms with E-state index in [1.54, 1.807) is 13.8 Å². The normalized spacial score (nSPS) is 13.6. The number of nitrogens with one attached hydrogen (secondary N) is 2. The van der Waals surface area contributed by atoms with E-state index < -0.39 is 17.6 Å². The van der Waals surface area contributed by atoms with Crippen LogP contribution < -0.4 is 10.6 Å². The Bertz CT molecular complexity index is 956. The van der Waals surface area contributed by atoms with Gasteiger partial charge in [0.25, 0.3) is 0 Å². The van der Waals surface area contributed by atoms with Crippen molar-refractivity contribution in [2.45, 2.75) is 45.1 Å². The Labute approximate surface area is 188 Å². The van der Waals surface area contributed by atoms with Crippen LogP contribution >= 0.6 is 0 Å². The predicted octanol–water partition coefficient (Wildman–Crippen LogP) is 3.92. The molecule has 2 aromatic carbocycles. The summed E-state index contributed by atoms with van der Waals surface area (Å²) in [5.74, 6) is -1.26. The highest BCUT2D eigenvalue weighted by Gasteiger charge is 2.32. The molecule has 0 spiro atoms. The molecule has 2 amide bonds. The molecule has 1 unspecified atom stereocenters. The number of carbonyl (C=O) groups excluding carboxylic acids is 2. The number of carbonyl (C=O) groups is 3. The molecule has 3 rings (SSSR count). The maximum Gasteiger partial charge on any atom is 0.408 e. The van der Waals surface area contributed by atoms with E-state index in [0.717, 1.165) is 22.3 Å². The summed E-state index contributed by atoms with van der Waals surface area (Å²) in [4.78, 5) is 35.7. The van der Waals surface area contributed by atoms with Crippen LogP contribution in [0.15, 0.2) is 48.5 Å². The number of carboxylic acids is 1. The van der Waals surface area contributed by atoms with Crippen LogP contribution in [0, 0.1) is 5.92 Å². The highest BCUT2D eigenvalue weighted by atomic mass is 16.5. The molecule has 3 N–H and O–H groups in total. The first-order valence-corrected chi connectivity index (χ1v) is 10.8. The van der Waals surface area contributed by atoms with E-state index in [-0.39, 0.29) is 30.8 Å². The van der Waals surface area contributed by atoms with E-state index in [9.17, 15) is 14.4 Å². The van der Waals surface area contributed by atoms with Crippen LogP contribution in [0.2, 0.25) is 0 Å². The lowest BCUT2D eigenvalue weighted by atomic mass is 9.98. The van der Waals surface area contributed by atoms with Gasteiger partial charge >= 0.3 is 12.1 Å². The molecule has 0 heterocycles. The Hall–Kier alpha value is -3.35. The Balaban J connectivity index is 1.54. The molecule has 0 fully saturated rings. The molecular formula is C25H30N2O5. The van der Waals surface area contributed by atoms with E-state index in [4.69, 9.17) is 9.84 Å². The highest BCUT2D eigenvalue weighted by Crippen LogP contribution is 2.44. The number of hydrogen-bond acceptors (Lipinski definition) is 4. The van der Waals surface area contributed by atoms with Crippen molar-refractivity contribution in [1.82, 2.24) is 10.6 Å². The third-order valence-corrected chi connectivity index (χ3v) is 5.79. The molecule has 1 aliphatic carbocycles. The summed E-state index contributed by atoms with van der Waals surface area (Å²) in [6.07, 6.45) is -0.139. The van der Waals surface area contributed by atoms with Crippen LogP contribution in [-0.4, -0.2) is 41.8 Å². The topological polar surface area (TPSA) is 105 Å². The number of amides is 2. The predicted molar refractivity (Wildman–Crippen MR) is 121 cm³/mol. The molecule has 0 bridgehead atoms. The fourth-order valence-electron chi connectivity index (χ4n) is 3.91. The molecule has 0 radical (unpaired) electrons. The number of alkyl carbamates (subject to hydrolysis) is 1. The van der Waals surface area contributed by atoms with Gasteiger partial charge in [-0.3, -0.25) is 9.59 Å². The van der Waals surface area contributed by atoms with E-state index >= 15 is 0 Å². The molecule has 170 valence electrons. The van der Waals surface area contributed by atoms with Gasteiger partial charge in [0, 0.05) is 18.9 Å². The van der Waals surface area contributed by atoms with Gasteiger partial charge in [0.2, 0.25) is 5.91 Å². The van der Waals surface area contributed by atoms with Crippen molar-refractivity contribution in [2.75, 3.05) is 13.2 Å². The van der Waals surface area contributed by atoms with Gasteiger partial charge < -0.3 is 20.5 Å². The van der Waals surface area contributed by atoms with Gasteiger partial charge in [-0.1, -0.05) is 55.5 Å². The van der Waals surface area contributed by atoms with Crippen molar-refractivity contribution in [3.05, 3.63) is 59.7 Å². The fourth-order valence-corrected chi connectivity index (χ4v) is 3.91. The van der Waals surface area contributed by atoms with E-state index in [1.807, 2.05) is 43.3 Å². The number of benzene rings is 2. The maximum atomic E-state index is 12.5. The van der Waals surface area contributed by atoms with Gasteiger partial charge in [0.1, 0.15) is 12.1 Å². The lowest BCUT2D eigenvalue weighted by Crippen LogP contribution is -2.55. The van der Waals surface area contributed by atoms with Crippen LogP contribution in [0.25, 0.3) is 11.1 Å². The Morgan fingerprint density at radius 3 is 2.16 bits per heavy atom.